The first kappa shape index (κ1) is 9.47. The van der Waals surface area contributed by atoms with Crippen LogP contribution in [0.4, 0.5) is 5.69 Å². The van der Waals surface area contributed by atoms with Crippen LogP contribution in [-0.4, -0.2) is 17.1 Å². The lowest BCUT2D eigenvalue weighted by Crippen LogP contribution is -1.97. The second-order valence-electron chi connectivity index (χ2n) is 2.28. The van der Waals surface area contributed by atoms with Gasteiger partial charge < -0.3 is 9.84 Å². The molecule has 5 heteroatoms. The number of aliphatic hydroxyl groups excluding tert-OH is 1. The Labute approximate surface area is 74.7 Å². The van der Waals surface area contributed by atoms with E-state index in [4.69, 9.17) is 9.84 Å². The third kappa shape index (κ3) is 1.75. The van der Waals surface area contributed by atoms with Gasteiger partial charge in [0.1, 0.15) is 6.61 Å². The average Bonchev–Trinajstić information content (AvgIpc) is 2.16. The molecule has 69 valence electrons. The van der Waals surface area contributed by atoms with Crippen LogP contribution in [0.25, 0.3) is 0 Å². The number of hydrogen-bond donors (Lipinski definition) is 1. The number of ether oxygens (including phenoxy) is 1. The van der Waals surface area contributed by atoms with Crippen LogP contribution in [-0.2, 0) is 0 Å². The topological polar surface area (TPSA) is 72.6 Å². The quantitative estimate of drug-likeness (QED) is 0.567. The highest BCUT2D eigenvalue weighted by Gasteiger charge is 2.19. The number of nitro benzene ring substituents is 1. The molecule has 0 aromatic heterocycles. The van der Waals surface area contributed by atoms with Gasteiger partial charge in [0.2, 0.25) is 0 Å². The summed E-state index contributed by atoms with van der Waals surface area (Å²) in [7, 11) is 1.34. The molecule has 5 nitrogen and oxygen atoms in total. The molecule has 0 heterocycles. The van der Waals surface area contributed by atoms with E-state index in [2.05, 4.69) is 0 Å². The third-order valence-electron chi connectivity index (χ3n) is 1.57. The fourth-order valence-corrected chi connectivity index (χ4v) is 1.00. The maximum Gasteiger partial charge on any atom is 0.316 e. The summed E-state index contributed by atoms with van der Waals surface area (Å²) in [6.45, 7) is 0.681. The van der Waals surface area contributed by atoms with E-state index < -0.39 is 4.92 Å². The van der Waals surface area contributed by atoms with Crippen LogP contribution in [0.1, 0.15) is 5.56 Å². The van der Waals surface area contributed by atoms with E-state index in [-0.39, 0.29) is 17.0 Å². The number of methoxy groups -OCH3 is 1. The van der Waals surface area contributed by atoms with Gasteiger partial charge in [-0.1, -0.05) is 6.07 Å². The van der Waals surface area contributed by atoms with Gasteiger partial charge in [-0.25, -0.2) is 0 Å². The second-order valence-corrected chi connectivity index (χ2v) is 2.28. The molecular weight excluding hydrogens is 174 g/mol. The van der Waals surface area contributed by atoms with Crippen molar-refractivity contribution in [3.63, 3.8) is 0 Å². The second kappa shape index (κ2) is 3.86. The van der Waals surface area contributed by atoms with Crippen molar-refractivity contribution in [2.45, 2.75) is 0 Å². The smallest absolute Gasteiger partial charge is 0.316 e. The molecule has 0 atom stereocenters. The van der Waals surface area contributed by atoms with E-state index in [0.717, 1.165) is 0 Å². The first-order chi connectivity index (χ1) is 6.20. The standard InChI is InChI=1S/C8H8NO4/c1-13-7-4-2-3-6(5-10)8(7)9(11)12/h2-5,10H,1H3. The summed E-state index contributed by atoms with van der Waals surface area (Å²) in [4.78, 5) is 9.96. The number of hydrogen-bond acceptors (Lipinski definition) is 4. The van der Waals surface area contributed by atoms with Crippen LogP contribution in [0.3, 0.4) is 0 Å². The zero-order chi connectivity index (χ0) is 9.84. The van der Waals surface area contributed by atoms with Crippen LogP contribution < -0.4 is 4.74 Å². The minimum atomic E-state index is -0.596. The third-order valence-corrected chi connectivity index (χ3v) is 1.57. The van der Waals surface area contributed by atoms with Gasteiger partial charge in [-0.05, 0) is 12.1 Å². The summed E-state index contributed by atoms with van der Waals surface area (Å²) < 4.78 is 4.78. The van der Waals surface area contributed by atoms with Crippen molar-refractivity contribution in [3.05, 3.63) is 40.5 Å². The summed E-state index contributed by atoms with van der Waals surface area (Å²) >= 11 is 0. The minimum absolute atomic E-state index is 0.129. The van der Waals surface area contributed by atoms with Crippen LogP contribution in [0, 0.1) is 16.7 Å². The molecule has 1 rings (SSSR count). The fourth-order valence-electron chi connectivity index (χ4n) is 1.00. The Morgan fingerprint density at radius 3 is 2.77 bits per heavy atom. The van der Waals surface area contributed by atoms with Crippen LogP contribution in [0.2, 0.25) is 0 Å². The van der Waals surface area contributed by atoms with E-state index in [1.54, 1.807) is 6.07 Å². The number of para-hydroxylation sites is 1. The van der Waals surface area contributed by atoms with Gasteiger partial charge in [-0.2, -0.15) is 0 Å². The molecule has 0 spiro atoms. The first-order valence-corrected chi connectivity index (χ1v) is 3.49. The van der Waals surface area contributed by atoms with Crippen molar-refractivity contribution >= 4 is 5.69 Å². The SMILES string of the molecule is COc1cccc([CH]O)c1[N+](=O)[O-]. The molecule has 1 aromatic rings. The zero-order valence-corrected chi connectivity index (χ0v) is 6.93. The lowest BCUT2D eigenvalue weighted by Gasteiger charge is -2.03. The van der Waals surface area contributed by atoms with Gasteiger partial charge in [-0.3, -0.25) is 10.1 Å². The van der Waals surface area contributed by atoms with Gasteiger partial charge in [0.05, 0.1) is 17.6 Å². The van der Waals surface area contributed by atoms with E-state index in [1.807, 2.05) is 0 Å². The molecule has 0 bridgehead atoms. The summed E-state index contributed by atoms with van der Waals surface area (Å²) in [5.41, 5.74) is -0.100. The Hall–Kier alpha value is -1.62. The maximum absolute atomic E-state index is 10.6. The normalized spacial score (nSPS) is 9.69. The average molecular weight is 182 g/mol. The van der Waals surface area contributed by atoms with E-state index in [1.165, 1.54) is 19.2 Å². The van der Waals surface area contributed by atoms with Crippen molar-refractivity contribution in [1.82, 2.24) is 0 Å². The Morgan fingerprint density at radius 1 is 1.62 bits per heavy atom. The number of rotatable bonds is 3. The van der Waals surface area contributed by atoms with E-state index >= 15 is 0 Å². The molecule has 0 saturated carbocycles. The summed E-state index contributed by atoms with van der Waals surface area (Å²) in [5.74, 6) is 0.132. The van der Waals surface area contributed by atoms with Crippen LogP contribution >= 0.6 is 0 Å². The molecular formula is C8H8NO4. The predicted octanol–water partition coefficient (Wildman–Crippen LogP) is 1.49. The summed E-state index contributed by atoms with van der Waals surface area (Å²) in [6.07, 6.45) is 0. The number of aliphatic hydroxyl groups is 1. The summed E-state index contributed by atoms with van der Waals surface area (Å²) in [6, 6.07) is 4.46. The lowest BCUT2D eigenvalue weighted by atomic mass is 10.2. The van der Waals surface area contributed by atoms with E-state index in [9.17, 15) is 10.1 Å². The van der Waals surface area contributed by atoms with Crippen molar-refractivity contribution in [2.75, 3.05) is 7.11 Å². The van der Waals surface area contributed by atoms with Gasteiger partial charge in [0.25, 0.3) is 0 Å². The molecule has 0 saturated heterocycles. The van der Waals surface area contributed by atoms with Crippen LogP contribution in [0.15, 0.2) is 18.2 Å². The molecule has 1 N–H and O–H groups in total. The first-order valence-electron chi connectivity index (χ1n) is 3.49. The molecule has 1 radical (unpaired) electrons. The minimum Gasteiger partial charge on any atom is -0.490 e. The molecule has 0 aliphatic carbocycles. The van der Waals surface area contributed by atoms with Gasteiger partial charge >= 0.3 is 5.69 Å². The molecule has 0 unspecified atom stereocenters. The highest BCUT2D eigenvalue weighted by Crippen LogP contribution is 2.30. The van der Waals surface area contributed by atoms with Crippen molar-refractivity contribution in [2.24, 2.45) is 0 Å². The van der Waals surface area contributed by atoms with Crippen molar-refractivity contribution in [1.29, 1.82) is 0 Å². The van der Waals surface area contributed by atoms with Crippen molar-refractivity contribution in [3.8, 4) is 5.75 Å². The molecule has 13 heavy (non-hydrogen) atoms. The largest absolute Gasteiger partial charge is 0.490 e. The molecule has 1 aromatic carbocycles. The summed E-state index contributed by atoms with van der Waals surface area (Å²) in [5, 5.41) is 19.3. The Bertz CT molecular complexity index is 302. The number of nitrogens with zero attached hydrogens (tertiary/aromatic N) is 1. The molecule has 0 fully saturated rings. The van der Waals surface area contributed by atoms with Crippen molar-refractivity contribution < 1.29 is 14.8 Å². The molecule has 0 aliphatic heterocycles. The highest BCUT2D eigenvalue weighted by atomic mass is 16.6. The number of nitro groups is 1. The highest BCUT2D eigenvalue weighted by molar-refractivity contribution is 5.54. The Morgan fingerprint density at radius 2 is 2.31 bits per heavy atom. The predicted molar refractivity (Wildman–Crippen MR) is 45.0 cm³/mol. The fraction of sp³-hybridized carbons (Fsp3) is 0.125. The monoisotopic (exact) mass is 182 g/mol. The Kier molecular flexibility index (Phi) is 2.81. The van der Waals surface area contributed by atoms with Gasteiger partial charge in [-0.15, -0.1) is 0 Å². The lowest BCUT2D eigenvalue weighted by molar-refractivity contribution is -0.386. The zero-order valence-electron chi connectivity index (χ0n) is 6.93. The number of benzene rings is 1. The van der Waals surface area contributed by atoms with Crippen LogP contribution in [0.5, 0.6) is 5.75 Å². The van der Waals surface area contributed by atoms with Gasteiger partial charge in [0.15, 0.2) is 5.75 Å². The molecule has 0 aliphatic rings. The maximum atomic E-state index is 10.6. The molecule has 0 amide bonds. The van der Waals surface area contributed by atoms with Gasteiger partial charge in [0, 0.05) is 0 Å². The van der Waals surface area contributed by atoms with E-state index in [0.29, 0.717) is 6.61 Å². The Balaban J connectivity index is 3.29.